The Hall–Kier alpha value is -2.20. The van der Waals surface area contributed by atoms with Crippen LogP contribution < -0.4 is 10.1 Å². The minimum atomic E-state index is -0.467. The van der Waals surface area contributed by atoms with Gasteiger partial charge in [0.2, 0.25) is 0 Å². The predicted octanol–water partition coefficient (Wildman–Crippen LogP) is 4.28. The van der Waals surface area contributed by atoms with Crippen molar-refractivity contribution < 1.29 is 14.3 Å². The van der Waals surface area contributed by atoms with Gasteiger partial charge in [0.1, 0.15) is 11.5 Å². The Morgan fingerprint density at radius 1 is 1.24 bits per heavy atom. The Morgan fingerprint density at radius 3 is 2.81 bits per heavy atom. The van der Waals surface area contributed by atoms with Gasteiger partial charge in [-0.15, -0.1) is 0 Å². The van der Waals surface area contributed by atoms with Gasteiger partial charge in [0.15, 0.2) is 0 Å². The third-order valence-electron chi connectivity index (χ3n) is 3.27. The third-order valence-corrected chi connectivity index (χ3v) is 3.51. The van der Waals surface area contributed by atoms with Crippen LogP contribution in [0.5, 0.6) is 11.5 Å². The summed E-state index contributed by atoms with van der Waals surface area (Å²) < 4.78 is 10.8. The van der Waals surface area contributed by atoms with Gasteiger partial charge in [-0.05, 0) is 31.2 Å². The molecule has 0 aliphatic carbocycles. The average molecular weight is 304 g/mol. The minimum Gasteiger partial charge on any atom is -0.457 e. The standard InChI is InChI=1S/C16H14ClNO3/c1-2-20-16(19)18-15-11-5-3-4-6-13(11)21-14-8-7-10(17)9-12(14)15/h3-9,15H,2H2,1H3,(H,18,19). The fraction of sp³-hybridized carbons (Fsp3) is 0.188. The smallest absolute Gasteiger partial charge is 0.407 e. The normalized spacial score (nSPS) is 15.4. The maximum absolute atomic E-state index is 11.8. The van der Waals surface area contributed by atoms with Gasteiger partial charge >= 0.3 is 6.09 Å². The molecular formula is C16H14ClNO3. The number of nitrogens with one attached hydrogen (secondary N) is 1. The number of carbonyl (C=O) groups is 1. The number of hydrogen-bond donors (Lipinski definition) is 1. The minimum absolute atomic E-state index is 0.319. The first-order chi connectivity index (χ1) is 10.2. The molecule has 1 amide bonds. The largest absolute Gasteiger partial charge is 0.457 e. The molecular weight excluding hydrogens is 290 g/mol. The van der Waals surface area contributed by atoms with E-state index < -0.39 is 6.09 Å². The first-order valence-corrected chi connectivity index (χ1v) is 7.06. The van der Waals surface area contributed by atoms with Crippen LogP contribution in [0.2, 0.25) is 5.02 Å². The van der Waals surface area contributed by atoms with Gasteiger partial charge in [0, 0.05) is 16.1 Å². The highest BCUT2D eigenvalue weighted by molar-refractivity contribution is 6.30. The van der Waals surface area contributed by atoms with Crippen LogP contribution in [0.3, 0.4) is 0 Å². The van der Waals surface area contributed by atoms with E-state index in [1.807, 2.05) is 24.3 Å². The van der Waals surface area contributed by atoms with Crippen LogP contribution in [0.1, 0.15) is 24.1 Å². The Morgan fingerprint density at radius 2 is 2.00 bits per heavy atom. The van der Waals surface area contributed by atoms with Crippen LogP contribution in [-0.4, -0.2) is 12.7 Å². The summed E-state index contributed by atoms with van der Waals surface area (Å²) in [6.07, 6.45) is -0.467. The zero-order valence-electron chi connectivity index (χ0n) is 11.4. The molecule has 0 bridgehead atoms. The fourth-order valence-electron chi connectivity index (χ4n) is 2.38. The molecule has 0 radical (unpaired) electrons. The molecule has 1 aliphatic heterocycles. The summed E-state index contributed by atoms with van der Waals surface area (Å²) in [6, 6.07) is 12.6. The molecule has 1 heterocycles. The molecule has 108 valence electrons. The summed E-state index contributed by atoms with van der Waals surface area (Å²) in [5.74, 6) is 1.40. The summed E-state index contributed by atoms with van der Waals surface area (Å²) in [5.41, 5.74) is 1.69. The lowest BCUT2D eigenvalue weighted by atomic mass is 9.95. The fourth-order valence-corrected chi connectivity index (χ4v) is 2.56. The summed E-state index contributed by atoms with van der Waals surface area (Å²) in [7, 11) is 0. The van der Waals surface area contributed by atoms with E-state index in [4.69, 9.17) is 21.1 Å². The van der Waals surface area contributed by atoms with Gasteiger partial charge in [-0.2, -0.15) is 0 Å². The maximum Gasteiger partial charge on any atom is 0.407 e. The Bertz CT molecular complexity index is 687. The molecule has 2 aromatic carbocycles. The number of ether oxygens (including phenoxy) is 2. The van der Waals surface area contributed by atoms with E-state index in [-0.39, 0.29) is 6.04 Å². The van der Waals surface area contributed by atoms with E-state index in [9.17, 15) is 4.79 Å². The SMILES string of the molecule is CCOC(=O)NC1c2ccccc2Oc2ccc(Cl)cc21. The van der Waals surface area contributed by atoms with Crippen LogP contribution >= 0.6 is 11.6 Å². The first-order valence-electron chi connectivity index (χ1n) is 6.68. The van der Waals surface area contributed by atoms with E-state index in [1.54, 1.807) is 25.1 Å². The molecule has 1 aliphatic rings. The number of para-hydroxylation sites is 1. The van der Waals surface area contributed by atoms with E-state index in [2.05, 4.69) is 5.32 Å². The number of carbonyl (C=O) groups excluding carboxylic acids is 1. The molecule has 0 saturated carbocycles. The van der Waals surface area contributed by atoms with Gasteiger partial charge < -0.3 is 14.8 Å². The highest BCUT2D eigenvalue weighted by atomic mass is 35.5. The number of hydrogen-bond acceptors (Lipinski definition) is 3. The van der Waals surface area contributed by atoms with E-state index in [0.29, 0.717) is 23.1 Å². The quantitative estimate of drug-likeness (QED) is 0.900. The summed E-state index contributed by atoms with van der Waals surface area (Å²) >= 11 is 6.07. The topological polar surface area (TPSA) is 47.6 Å². The highest BCUT2D eigenvalue weighted by Gasteiger charge is 2.28. The van der Waals surface area contributed by atoms with Crippen LogP contribution in [0, 0.1) is 0 Å². The van der Waals surface area contributed by atoms with Crippen molar-refractivity contribution in [3.05, 3.63) is 58.6 Å². The molecule has 0 spiro atoms. The number of amides is 1. The summed E-state index contributed by atoms with van der Waals surface area (Å²) in [4.78, 5) is 11.8. The molecule has 1 atom stereocenters. The third kappa shape index (κ3) is 2.67. The molecule has 21 heavy (non-hydrogen) atoms. The van der Waals surface area contributed by atoms with E-state index in [0.717, 1.165) is 11.1 Å². The number of benzene rings is 2. The first kappa shape index (κ1) is 13.8. The lowest BCUT2D eigenvalue weighted by Gasteiger charge is -2.28. The van der Waals surface area contributed by atoms with Crippen molar-refractivity contribution in [2.45, 2.75) is 13.0 Å². The average Bonchev–Trinajstić information content (AvgIpc) is 2.48. The molecule has 1 N–H and O–H groups in total. The number of rotatable bonds is 2. The van der Waals surface area contributed by atoms with Crippen molar-refractivity contribution in [2.75, 3.05) is 6.61 Å². The van der Waals surface area contributed by atoms with Gasteiger partial charge in [-0.3, -0.25) is 0 Å². The van der Waals surface area contributed by atoms with Crippen molar-refractivity contribution in [3.8, 4) is 11.5 Å². The van der Waals surface area contributed by atoms with E-state index in [1.165, 1.54) is 0 Å². The molecule has 0 aromatic heterocycles. The zero-order valence-corrected chi connectivity index (χ0v) is 12.2. The predicted molar refractivity (Wildman–Crippen MR) is 80.0 cm³/mol. The Labute approximate surface area is 127 Å². The second-order valence-electron chi connectivity index (χ2n) is 4.62. The molecule has 3 rings (SSSR count). The van der Waals surface area contributed by atoms with Crippen LogP contribution in [0.15, 0.2) is 42.5 Å². The zero-order chi connectivity index (χ0) is 14.8. The maximum atomic E-state index is 11.8. The lowest BCUT2D eigenvalue weighted by molar-refractivity contribution is 0.149. The van der Waals surface area contributed by atoms with Crippen molar-refractivity contribution in [3.63, 3.8) is 0 Å². The summed E-state index contributed by atoms with van der Waals surface area (Å²) in [5, 5.41) is 3.45. The van der Waals surface area contributed by atoms with Gasteiger partial charge in [-0.25, -0.2) is 4.79 Å². The van der Waals surface area contributed by atoms with E-state index >= 15 is 0 Å². The Balaban J connectivity index is 2.04. The number of alkyl carbamates (subject to hydrolysis) is 1. The van der Waals surface area contributed by atoms with Gasteiger partial charge in [0.25, 0.3) is 0 Å². The second-order valence-corrected chi connectivity index (χ2v) is 5.06. The van der Waals surface area contributed by atoms with Crippen LogP contribution in [-0.2, 0) is 4.74 Å². The van der Waals surface area contributed by atoms with Crippen molar-refractivity contribution in [1.29, 1.82) is 0 Å². The Kier molecular flexibility index (Phi) is 3.71. The molecule has 1 unspecified atom stereocenters. The van der Waals surface area contributed by atoms with Crippen LogP contribution in [0.25, 0.3) is 0 Å². The number of halogens is 1. The lowest BCUT2D eigenvalue weighted by Crippen LogP contribution is -2.31. The van der Waals surface area contributed by atoms with Gasteiger partial charge in [0.05, 0.1) is 12.6 Å². The molecule has 2 aromatic rings. The number of fused-ring (bicyclic) bond motifs is 2. The van der Waals surface area contributed by atoms with Crippen LogP contribution in [0.4, 0.5) is 4.79 Å². The molecule has 4 nitrogen and oxygen atoms in total. The summed E-state index contributed by atoms with van der Waals surface area (Å²) in [6.45, 7) is 2.08. The van der Waals surface area contributed by atoms with Crippen molar-refractivity contribution >= 4 is 17.7 Å². The highest BCUT2D eigenvalue weighted by Crippen LogP contribution is 2.43. The second kappa shape index (κ2) is 5.66. The molecule has 0 saturated heterocycles. The van der Waals surface area contributed by atoms with Gasteiger partial charge in [-0.1, -0.05) is 29.8 Å². The van der Waals surface area contributed by atoms with Crippen molar-refractivity contribution in [2.24, 2.45) is 0 Å². The monoisotopic (exact) mass is 303 g/mol. The molecule has 0 fully saturated rings. The van der Waals surface area contributed by atoms with Crippen molar-refractivity contribution in [1.82, 2.24) is 5.32 Å². The molecule has 5 heteroatoms.